The van der Waals surface area contributed by atoms with Gasteiger partial charge in [-0.15, -0.1) is 0 Å². The summed E-state index contributed by atoms with van der Waals surface area (Å²) in [6, 6.07) is 6.12. The Morgan fingerprint density at radius 3 is 2.38 bits per heavy atom. The minimum absolute atomic E-state index is 0.00845. The van der Waals surface area contributed by atoms with E-state index < -0.39 is 17.6 Å². The van der Waals surface area contributed by atoms with Crippen LogP contribution in [-0.4, -0.2) is 5.91 Å². The zero-order valence-corrected chi connectivity index (χ0v) is 11.7. The number of halogens is 3. The molecule has 0 saturated carbocycles. The first-order valence-corrected chi connectivity index (χ1v) is 6.44. The molecule has 0 aliphatic heterocycles. The lowest BCUT2D eigenvalue weighted by Gasteiger charge is -2.10. The van der Waals surface area contributed by atoms with E-state index in [-0.39, 0.29) is 11.3 Å². The molecule has 6 heteroatoms. The molecule has 0 aliphatic rings. The van der Waals surface area contributed by atoms with Crippen molar-refractivity contribution in [3.05, 3.63) is 41.0 Å². The highest BCUT2D eigenvalue weighted by Gasteiger charge is 2.30. The fourth-order valence-corrected chi connectivity index (χ4v) is 1.86. The van der Waals surface area contributed by atoms with Crippen molar-refractivity contribution in [2.24, 2.45) is 0 Å². The van der Waals surface area contributed by atoms with Crippen LogP contribution < -0.4 is 5.32 Å². The summed E-state index contributed by atoms with van der Waals surface area (Å²) in [6.45, 7) is 3.63. The maximum absolute atomic E-state index is 12.6. The van der Waals surface area contributed by atoms with Crippen LogP contribution in [0.5, 0.6) is 0 Å². The van der Waals surface area contributed by atoms with Gasteiger partial charge in [0.2, 0.25) is 0 Å². The molecule has 0 bridgehead atoms. The topological polar surface area (TPSA) is 52.9 Å². The Hall–Kier alpha value is -2.29. The first kappa shape index (κ1) is 16.8. The number of anilines is 1. The number of hydrogen-bond acceptors (Lipinski definition) is 2. The van der Waals surface area contributed by atoms with E-state index >= 15 is 0 Å². The Bertz CT molecular complexity index is 592. The number of hydrogen-bond donors (Lipinski definition) is 1. The third-order valence-corrected chi connectivity index (χ3v) is 2.99. The van der Waals surface area contributed by atoms with Crippen LogP contribution in [0, 0.1) is 11.3 Å². The Kier molecular flexibility index (Phi) is 5.53. The van der Waals surface area contributed by atoms with E-state index in [4.69, 9.17) is 5.26 Å². The van der Waals surface area contributed by atoms with Gasteiger partial charge in [-0.2, -0.15) is 18.4 Å². The van der Waals surface area contributed by atoms with Gasteiger partial charge >= 0.3 is 6.18 Å². The highest BCUT2D eigenvalue weighted by atomic mass is 19.4. The van der Waals surface area contributed by atoms with Gasteiger partial charge in [-0.25, -0.2) is 0 Å². The number of allylic oxidation sites excluding steroid dienone is 1. The van der Waals surface area contributed by atoms with Gasteiger partial charge in [-0.1, -0.05) is 19.9 Å². The third kappa shape index (κ3) is 4.35. The normalized spacial score (nSPS) is 10.7. The first-order valence-electron chi connectivity index (χ1n) is 6.44. The van der Waals surface area contributed by atoms with Crippen molar-refractivity contribution in [2.45, 2.75) is 32.9 Å². The third-order valence-electron chi connectivity index (χ3n) is 2.99. The number of alkyl halides is 3. The predicted octanol–water partition coefficient (Wildman–Crippen LogP) is 4.28. The lowest BCUT2D eigenvalue weighted by atomic mass is 10.0. The van der Waals surface area contributed by atoms with Gasteiger partial charge < -0.3 is 5.32 Å². The molecule has 0 radical (unpaired) electrons. The Morgan fingerprint density at radius 2 is 1.90 bits per heavy atom. The van der Waals surface area contributed by atoms with Crippen molar-refractivity contribution in [1.29, 1.82) is 5.26 Å². The van der Waals surface area contributed by atoms with Crippen LogP contribution in [0.15, 0.2) is 35.4 Å². The molecule has 3 nitrogen and oxygen atoms in total. The molecule has 1 amide bonds. The Labute approximate surface area is 121 Å². The number of nitriles is 1. The van der Waals surface area contributed by atoms with Crippen molar-refractivity contribution in [1.82, 2.24) is 0 Å². The number of nitrogens with zero attached hydrogens (tertiary/aromatic N) is 1. The fraction of sp³-hybridized carbons (Fsp3) is 0.333. The van der Waals surface area contributed by atoms with Gasteiger partial charge in [0.25, 0.3) is 5.91 Å². The van der Waals surface area contributed by atoms with Gasteiger partial charge in [0.05, 0.1) is 5.56 Å². The number of amides is 1. The largest absolute Gasteiger partial charge is 0.416 e. The number of nitrogens with one attached hydrogen (secondary N) is 1. The van der Waals surface area contributed by atoms with Crippen molar-refractivity contribution >= 4 is 11.6 Å². The van der Waals surface area contributed by atoms with Crippen molar-refractivity contribution < 1.29 is 18.0 Å². The monoisotopic (exact) mass is 296 g/mol. The number of carbonyl (C=O) groups is 1. The first-order chi connectivity index (χ1) is 9.83. The molecule has 1 aromatic carbocycles. The minimum atomic E-state index is -4.48. The van der Waals surface area contributed by atoms with E-state index in [1.807, 2.05) is 19.9 Å². The van der Waals surface area contributed by atoms with Crippen LogP contribution in [-0.2, 0) is 11.0 Å². The summed E-state index contributed by atoms with van der Waals surface area (Å²) in [6.07, 6.45) is -3.41. The second-order valence-corrected chi connectivity index (χ2v) is 4.33. The number of carbonyl (C=O) groups excluding carboxylic acids is 1. The van der Waals surface area contributed by atoms with Crippen molar-refractivity contribution in [2.75, 3.05) is 5.32 Å². The summed E-state index contributed by atoms with van der Waals surface area (Å²) in [4.78, 5) is 12.0. The van der Waals surface area contributed by atoms with E-state index in [2.05, 4.69) is 5.32 Å². The zero-order valence-electron chi connectivity index (χ0n) is 11.7. The molecule has 0 aliphatic carbocycles. The molecule has 21 heavy (non-hydrogen) atoms. The van der Waals surface area contributed by atoms with Gasteiger partial charge in [0.1, 0.15) is 11.6 Å². The highest BCUT2D eigenvalue weighted by molar-refractivity contribution is 6.07. The second-order valence-electron chi connectivity index (χ2n) is 4.33. The molecule has 0 heterocycles. The molecular weight excluding hydrogens is 281 g/mol. The van der Waals surface area contributed by atoms with Crippen molar-refractivity contribution in [3.63, 3.8) is 0 Å². The quantitative estimate of drug-likeness (QED) is 0.666. The van der Waals surface area contributed by atoms with E-state index in [0.29, 0.717) is 18.4 Å². The van der Waals surface area contributed by atoms with E-state index in [1.54, 1.807) is 0 Å². The average molecular weight is 296 g/mol. The maximum atomic E-state index is 12.6. The van der Waals surface area contributed by atoms with E-state index in [1.165, 1.54) is 12.1 Å². The summed E-state index contributed by atoms with van der Waals surface area (Å²) in [7, 11) is 0. The van der Waals surface area contributed by atoms with Gasteiger partial charge in [-0.3, -0.25) is 4.79 Å². The summed E-state index contributed by atoms with van der Waals surface area (Å²) < 4.78 is 37.8. The van der Waals surface area contributed by atoms with Crippen LogP contribution in [0.2, 0.25) is 0 Å². The molecule has 0 aromatic heterocycles. The SMILES string of the molecule is CCC(CC)=C(C#N)C(=O)Nc1cccc(C(F)(F)F)c1. The Balaban J connectivity index is 3.04. The molecular formula is C15H15F3N2O. The number of rotatable bonds is 4. The zero-order chi connectivity index (χ0) is 16.0. The molecule has 0 saturated heterocycles. The molecule has 1 aromatic rings. The lowest BCUT2D eigenvalue weighted by Crippen LogP contribution is -2.16. The van der Waals surface area contributed by atoms with Crippen molar-refractivity contribution in [3.8, 4) is 6.07 Å². The predicted molar refractivity (Wildman–Crippen MR) is 73.3 cm³/mol. The van der Waals surface area contributed by atoms with Crippen LogP contribution >= 0.6 is 0 Å². The molecule has 0 unspecified atom stereocenters. The summed E-state index contributed by atoms with van der Waals surface area (Å²) in [5, 5.41) is 11.4. The van der Waals surface area contributed by atoms with Crippen LogP contribution in [0.1, 0.15) is 32.3 Å². The van der Waals surface area contributed by atoms with Gasteiger partial charge in [0, 0.05) is 5.69 Å². The molecule has 0 fully saturated rings. The maximum Gasteiger partial charge on any atom is 0.416 e. The van der Waals surface area contributed by atoms with E-state index in [0.717, 1.165) is 12.1 Å². The lowest BCUT2D eigenvalue weighted by molar-refractivity contribution is -0.137. The summed E-state index contributed by atoms with van der Waals surface area (Å²) >= 11 is 0. The molecule has 112 valence electrons. The van der Waals surface area contributed by atoms with Crippen LogP contribution in [0.3, 0.4) is 0 Å². The highest BCUT2D eigenvalue weighted by Crippen LogP contribution is 2.30. The fourth-order valence-electron chi connectivity index (χ4n) is 1.86. The summed E-state index contributed by atoms with van der Waals surface area (Å²) in [5.74, 6) is -0.685. The van der Waals surface area contributed by atoms with Crippen LogP contribution in [0.25, 0.3) is 0 Å². The minimum Gasteiger partial charge on any atom is -0.321 e. The molecule has 0 spiro atoms. The summed E-state index contributed by atoms with van der Waals surface area (Å²) in [5.41, 5.74) is -0.220. The van der Waals surface area contributed by atoms with E-state index in [9.17, 15) is 18.0 Å². The second kappa shape index (κ2) is 6.93. The van der Waals surface area contributed by atoms with Crippen LogP contribution in [0.4, 0.5) is 18.9 Å². The molecule has 1 N–H and O–H groups in total. The molecule has 1 rings (SSSR count). The van der Waals surface area contributed by atoms with Gasteiger partial charge in [0.15, 0.2) is 0 Å². The Morgan fingerprint density at radius 1 is 1.29 bits per heavy atom. The average Bonchev–Trinajstić information content (AvgIpc) is 2.43. The number of benzene rings is 1. The molecule has 0 atom stereocenters. The van der Waals surface area contributed by atoms with Gasteiger partial charge in [-0.05, 0) is 36.6 Å². The standard InChI is InChI=1S/C15H15F3N2O/c1-3-10(4-2)13(9-19)14(21)20-12-7-5-6-11(8-12)15(16,17)18/h5-8H,3-4H2,1-2H3,(H,20,21). The smallest absolute Gasteiger partial charge is 0.321 e.